The van der Waals surface area contributed by atoms with E-state index in [1.54, 1.807) is 12.1 Å². The number of aliphatic carboxylic acids is 1. The fraction of sp³-hybridized carbons (Fsp3) is 0.158. The first-order valence-electron chi connectivity index (χ1n) is 7.54. The zero-order valence-electron chi connectivity index (χ0n) is 13.1. The van der Waals surface area contributed by atoms with E-state index < -0.39 is 5.97 Å². The third kappa shape index (κ3) is 3.66. The van der Waals surface area contributed by atoms with E-state index >= 15 is 0 Å². The highest BCUT2D eigenvalue weighted by atomic mass is 35.5. The predicted molar refractivity (Wildman–Crippen MR) is 91.5 cm³/mol. The van der Waals surface area contributed by atoms with Crippen molar-refractivity contribution in [3.8, 4) is 11.3 Å². The van der Waals surface area contributed by atoms with Crippen molar-refractivity contribution in [1.29, 1.82) is 0 Å². The van der Waals surface area contributed by atoms with Crippen LogP contribution >= 0.6 is 11.6 Å². The van der Waals surface area contributed by atoms with Crippen LogP contribution in [-0.2, 0) is 4.79 Å². The molecule has 0 unspecified atom stereocenters. The first kappa shape index (κ1) is 16.3. The van der Waals surface area contributed by atoms with Crippen molar-refractivity contribution in [2.45, 2.75) is 13.3 Å². The molecule has 1 aromatic heterocycles. The van der Waals surface area contributed by atoms with Crippen molar-refractivity contribution in [1.82, 2.24) is 0 Å². The standard InChI is InChI=1S/C19H16ClNO3/c1-12-2-7-17-15(10-12)16(21-9-8-19(22)23)11-18(24-17)13-3-5-14(20)6-4-13/h2-7,10-11H,8-9H2,1H3,(H,22,23)/p-1. The summed E-state index contributed by atoms with van der Waals surface area (Å²) in [7, 11) is 0. The number of carboxylic acid groups (broad SMARTS) is 1. The number of hydrogen-bond donors (Lipinski definition) is 0. The Morgan fingerprint density at radius 3 is 2.62 bits per heavy atom. The Hall–Kier alpha value is -2.59. The van der Waals surface area contributed by atoms with Crippen molar-refractivity contribution in [3.63, 3.8) is 0 Å². The van der Waals surface area contributed by atoms with Crippen molar-refractivity contribution in [2.24, 2.45) is 4.99 Å². The molecule has 24 heavy (non-hydrogen) atoms. The zero-order chi connectivity index (χ0) is 17.1. The smallest absolute Gasteiger partial charge is 0.136 e. The Balaban J connectivity index is 2.16. The van der Waals surface area contributed by atoms with Crippen molar-refractivity contribution < 1.29 is 14.3 Å². The van der Waals surface area contributed by atoms with Crippen molar-refractivity contribution >= 4 is 28.5 Å². The molecule has 0 saturated heterocycles. The molecule has 0 aliphatic rings. The summed E-state index contributed by atoms with van der Waals surface area (Å²) in [5.74, 6) is -0.465. The van der Waals surface area contributed by atoms with Gasteiger partial charge in [0.05, 0.1) is 5.36 Å². The number of benzene rings is 2. The number of fused-ring (bicyclic) bond motifs is 1. The van der Waals surface area contributed by atoms with Gasteiger partial charge < -0.3 is 14.3 Å². The van der Waals surface area contributed by atoms with E-state index in [4.69, 9.17) is 16.0 Å². The van der Waals surface area contributed by atoms with Gasteiger partial charge in [0.1, 0.15) is 11.3 Å². The van der Waals surface area contributed by atoms with E-state index in [0.29, 0.717) is 21.7 Å². The molecule has 3 rings (SSSR count). The summed E-state index contributed by atoms with van der Waals surface area (Å²) in [5, 5.41) is 12.8. The van der Waals surface area contributed by atoms with E-state index in [1.165, 1.54) is 0 Å². The van der Waals surface area contributed by atoms with E-state index in [1.807, 2.05) is 43.3 Å². The highest BCUT2D eigenvalue weighted by Crippen LogP contribution is 2.24. The molecule has 2 aromatic carbocycles. The molecule has 0 radical (unpaired) electrons. The lowest BCUT2D eigenvalue weighted by molar-refractivity contribution is -0.305. The van der Waals surface area contributed by atoms with Crippen LogP contribution in [0.5, 0.6) is 0 Å². The van der Waals surface area contributed by atoms with Crippen LogP contribution in [0.4, 0.5) is 0 Å². The van der Waals surface area contributed by atoms with E-state index in [0.717, 1.165) is 16.5 Å². The second kappa shape index (κ2) is 6.89. The summed E-state index contributed by atoms with van der Waals surface area (Å²) in [6, 6.07) is 15.0. The Morgan fingerprint density at radius 2 is 1.92 bits per heavy atom. The van der Waals surface area contributed by atoms with Gasteiger partial charge in [0.2, 0.25) is 0 Å². The van der Waals surface area contributed by atoms with Crippen LogP contribution in [0.3, 0.4) is 0 Å². The molecule has 0 bridgehead atoms. The lowest BCUT2D eigenvalue weighted by Crippen LogP contribution is -2.23. The lowest BCUT2D eigenvalue weighted by atomic mass is 10.1. The van der Waals surface area contributed by atoms with Gasteiger partial charge in [-0.05, 0) is 43.3 Å². The number of aryl methyl sites for hydroxylation is 1. The molecule has 4 nitrogen and oxygen atoms in total. The number of carbonyl (C=O) groups is 1. The maximum atomic E-state index is 10.6. The maximum Gasteiger partial charge on any atom is 0.136 e. The van der Waals surface area contributed by atoms with Crippen molar-refractivity contribution in [3.05, 3.63) is 64.5 Å². The van der Waals surface area contributed by atoms with Crippen LogP contribution < -0.4 is 10.5 Å². The third-order valence-electron chi connectivity index (χ3n) is 3.63. The number of halogens is 1. The molecular formula is C19H15ClNO3-. The summed E-state index contributed by atoms with van der Waals surface area (Å²) in [6.45, 7) is 2.15. The van der Waals surface area contributed by atoms with Gasteiger partial charge in [0, 0.05) is 41.0 Å². The third-order valence-corrected chi connectivity index (χ3v) is 3.88. The summed E-state index contributed by atoms with van der Waals surface area (Å²) >= 11 is 5.93. The molecule has 0 amide bonds. The average Bonchev–Trinajstić information content (AvgIpc) is 2.55. The van der Waals surface area contributed by atoms with E-state index in [2.05, 4.69) is 4.99 Å². The quantitative estimate of drug-likeness (QED) is 0.733. The first-order chi connectivity index (χ1) is 11.5. The minimum absolute atomic E-state index is 0.115. The summed E-state index contributed by atoms with van der Waals surface area (Å²) in [4.78, 5) is 15.0. The van der Waals surface area contributed by atoms with Gasteiger partial charge in [-0.25, -0.2) is 0 Å². The van der Waals surface area contributed by atoms with Crippen LogP contribution in [0, 0.1) is 6.92 Å². The molecule has 1 heterocycles. The van der Waals surface area contributed by atoms with E-state index in [9.17, 15) is 9.90 Å². The number of rotatable bonds is 4. The highest BCUT2D eigenvalue weighted by molar-refractivity contribution is 6.30. The minimum Gasteiger partial charge on any atom is -0.550 e. The average molecular weight is 341 g/mol. The normalized spacial score (nSPS) is 11.8. The van der Waals surface area contributed by atoms with Gasteiger partial charge in [-0.15, -0.1) is 0 Å². The van der Waals surface area contributed by atoms with Gasteiger partial charge in [0.25, 0.3) is 0 Å². The molecule has 0 fully saturated rings. The van der Waals surface area contributed by atoms with E-state index in [-0.39, 0.29) is 13.0 Å². The van der Waals surface area contributed by atoms with Crippen LogP contribution in [0.15, 0.2) is 57.9 Å². The molecule has 0 saturated carbocycles. The Kier molecular flexibility index (Phi) is 4.67. The molecule has 0 spiro atoms. The minimum atomic E-state index is -1.11. The zero-order valence-corrected chi connectivity index (χ0v) is 13.8. The number of carbonyl (C=O) groups excluding carboxylic acids is 1. The number of hydrogen-bond acceptors (Lipinski definition) is 4. The van der Waals surface area contributed by atoms with Gasteiger partial charge in [-0.1, -0.05) is 23.2 Å². The topological polar surface area (TPSA) is 65.6 Å². The fourth-order valence-corrected chi connectivity index (χ4v) is 2.56. The van der Waals surface area contributed by atoms with Crippen LogP contribution in [0.1, 0.15) is 12.0 Å². The molecule has 0 aliphatic heterocycles. The largest absolute Gasteiger partial charge is 0.550 e. The van der Waals surface area contributed by atoms with Gasteiger partial charge in [-0.3, -0.25) is 4.99 Å². The fourth-order valence-electron chi connectivity index (χ4n) is 2.44. The summed E-state index contributed by atoms with van der Waals surface area (Å²) in [5.41, 5.74) is 2.65. The van der Waals surface area contributed by atoms with Gasteiger partial charge >= 0.3 is 0 Å². The molecule has 3 aromatic rings. The Labute approximate surface area is 144 Å². The van der Waals surface area contributed by atoms with Gasteiger partial charge in [0.15, 0.2) is 0 Å². The number of carboxylic acids is 1. The molecular weight excluding hydrogens is 326 g/mol. The highest BCUT2D eigenvalue weighted by Gasteiger charge is 2.06. The number of nitrogens with zero attached hydrogens (tertiary/aromatic N) is 1. The molecule has 5 heteroatoms. The maximum absolute atomic E-state index is 10.6. The second-order valence-corrected chi connectivity index (χ2v) is 5.94. The molecule has 0 aliphatic carbocycles. The van der Waals surface area contributed by atoms with Crippen LogP contribution in [0.25, 0.3) is 22.3 Å². The summed E-state index contributed by atoms with van der Waals surface area (Å²) < 4.78 is 5.98. The molecule has 0 atom stereocenters. The Morgan fingerprint density at radius 1 is 1.17 bits per heavy atom. The molecule has 122 valence electrons. The first-order valence-corrected chi connectivity index (χ1v) is 7.91. The second-order valence-electron chi connectivity index (χ2n) is 5.51. The van der Waals surface area contributed by atoms with Crippen LogP contribution in [0.2, 0.25) is 5.02 Å². The van der Waals surface area contributed by atoms with Gasteiger partial charge in [-0.2, -0.15) is 0 Å². The van der Waals surface area contributed by atoms with Crippen LogP contribution in [-0.4, -0.2) is 12.5 Å². The Bertz CT molecular complexity index is 959. The molecule has 0 N–H and O–H groups in total. The SMILES string of the molecule is Cc1ccc2oc(-c3ccc(Cl)cc3)cc(=NCCC(=O)[O-])c2c1. The summed E-state index contributed by atoms with van der Waals surface area (Å²) in [6.07, 6.45) is -0.115. The monoisotopic (exact) mass is 340 g/mol. The predicted octanol–water partition coefficient (Wildman–Crippen LogP) is 3.10. The lowest BCUT2D eigenvalue weighted by Gasteiger charge is -2.06. The van der Waals surface area contributed by atoms with Crippen molar-refractivity contribution in [2.75, 3.05) is 6.54 Å².